The average molecular weight is 182 g/mol. The van der Waals surface area contributed by atoms with Gasteiger partial charge in [0.25, 0.3) is 0 Å². The van der Waals surface area contributed by atoms with Crippen molar-refractivity contribution >= 4 is 5.91 Å². The molecule has 2 aliphatic rings. The molecule has 13 heavy (non-hydrogen) atoms. The lowest BCUT2D eigenvalue weighted by atomic mass is 9.88. The molecular formula is C10H18N2O. The van der Waals surface area contributed by atoms with Crippen molar-refractivity contribution in [1.29, 1.82) is 0 Å². The van der Waals surface area contributed by atoms with Gasteiger partial charge in [-0.1, -0.05) is 0 Å². The van der Waals surface area contributed by atoms with Crippen molar-refractivity contribution in [1.82, 2.24) is 10.2 Å². The molecular weight excluding hydrogens is 164 g/mol. The molecule has 1 unspecified atom stereocenters. The fourth-order valence-corrected chi connectivity index (χ4v) is 2.30. The van der Waals surface area contributed by atoms with Crippen LogP contribution in [0.4, 0.5) is 0 Å². The molecule has 2 fully saturated rings. The smallest absolute Gasteiger partial charge is 0.229 e. The largest absolute Gasteiger partial charge is 0.342 e. The standard InChI is InChI=1S/C10H18N2O/c1-10(4-5-11-8-10)9(13)12-6-2-3-7-12/h11H,2-8H2,1H3. The maximum atomic E-state index is 12.1. The van der Waals surface area contributed by atoms with Crippen LogP contribution in [0.5, 0.6) is 0 Å². The summed E-state index contributed by atoms with van der Waals surface area (Å²) in [5.74, 6) is 0.370. The van der Waals surface area contributed by atoms with Crippen molar-refractivity contribution in [3.8, 4) is 0 Å². The summed E-state index contributed by atoms with van der Waals surface area (Å²) in [5, 5.41) is 3.27. The zero-order valence-corrected chi connectivity index (χ0v) is 8.31. The fraction of sp³-hybridized carbons (Fsp3) is 0.900. The van der Waals surface area contributed by atoms with Crippen molar-refractivity contribution in [2.75, 3.05) is 26.2 Å². The molecule has 74 valence electrons. The maximum absolute atomic E-state index is 12.1. The summed E-state index contributed by atoms with van der Waals surface area (Å²) in [5.41, 5.74) is -0.107. The molecule has 0 radical (unpaired) electrons. The second-order valence-electron chi connectivity index (χ2n) is 4.49. The van der Waals surface area contributed by atoms with Crippen LogP contribution in [0, 0.1) is 5.41 Å². The highest BCUT2D eigenvalue weighted by Gasteiger charge is 2.39. The third-order valence-electron chi connectivity index (χ3n) is 3.28. The number of nitrogens with one attached hydrogen (secondary N) is 1. The van der Waals surface area contributed by atoms with Gasteiger partial charge in [-0.05, 0) is 32.7 Å². The monoisotopic (exact) mass is 182 g/mol. The Bertz CT molecular complexity index is 203. The Balaban J connectivity index is 2.02. The Kier molecular flexibility index (Phi) is 2.28. The molecule has 0 saturated carbocycles. The summed E-state index contributed by atoms with van der Waals surface area (Å²) in [6.45, 7) is 5.91. The van der Waals surface area contributed by atoms with Crippen LogP contribution in [0.1, 0.15) is 26.2 Å². The average Bonchev–Trinajstić information content (AvgIpc) is 2.73. The highest BCUT2D eigenvalue weighted by molar-refractivity contribution is 5.83. The van der Waals surface area contributed by atoms with Gasteiger partial charge in [-0.25, -0.2) is 0 Å². The number of hydrogen-bond acceptors (Lipinski definition) is 2. The van der Waals surface area contributed by atoms with E-state index in [-0.39, 0.29) is 5.41 Å². The third kappa shape index (κ3) is 1.57. The van der Waals surface area contributed by atoms with Crippen LogP contribution in [0.25, 0.3) is 0 Å². The van der Waals surface area contributed by atoms with E-state index < -0.39 is 0 Å². The number of hydrogen-bond donors (Lipinski definition) is 1. The molecule has 3 nitrogen and oxygen atoms in total. The first-order valence-corrected chi connectivity index (χ1v) is 5.22. The Morgan fingerprint density at radius 2 is 2.08 bits per heavy atom. The summed E-state index contributed by atoms with van der Waals surface area (Å²) >= 11 is 0. The van der Waals surface area contributed by atoms with Crippen LogP contribution < -0.4 is 5.32 Å². The molecule has 0 bridgehead atoms. The van der Waals surface area contributed by atoms with E-state index in [4.69, 9.17) is 0 Å². The Labute approximate surface area is 79.5 Å². The van der Waals surface area contributed by atoms with Crippen molar-refractivity contribution in [3.63, 3.8) is 0 Å². The third-order valence-corrected chi connectivity index (χ3v) is 3.28. The van der Waals surface area contributed by atoms with E-state index in [0.717, 1.165) is 32.6 Å². The van der Waals surface area contributed by atoms with E-state index in [9.17, 15) is 4.79 Å². The van der Waals surface area contributed by atoms with E-state index in [0.29, 0.717) is 5.91 Å². The minimum atomic E-state index is -0.107. The van der Waals surface area contributed by atoms with Crippen LogP contribution in [-0.4, -0.2) is 37.0 Å². The topological polar surface area (TPSA) is 32.3 Å². The molecule has 1 N–H and O–H groups in total. The predicted octanol–water partition coefficient (Wildman–Crippen LogP) is 0.608. The van der Waals surface area contributed by atoms with Crippen LogP contribution in [0.3, 0.4) is 0 Å². The molecule has 3 heteroatoms. The van der Waals surface area contributed by atoms with Gasteiger partial charge in [0, 0.05) is 19.6 Å². The zero-order chi connectivity index (χ0) is 9.31. The lowest BCUT2D eigenvalue weighted by molar-refractivity contribution is -0.139. The van der Waals surface area contributed by atoms with E-state index in [1.165, 1.54) is 12.8 Å². The minimum Gasteiger partial charge on any atom is -0.342 e. The SMILES string of the molecule is CC1(C(=O)N2CCCC2)CCNC1. The zero-order valence-electron chi connectivity index (χ0n) is 8.31. The lowest BCUT2D eigenvalue weighted by Gasteiger charge is -2.27. The van der Waals surface area contributed by atoms with Crippen molar-refractivity contribution < 1.29 is 4.79 Å². The van der Waals surface area contributed by atoms with Gasteiger partial charge in [0.15, 0.2) is 0 Å². The number of likely N-dealkylation sites (tertiary alicyclic amines) is 1. The quantitative estimate of drug-likeness (QED) is 0.644. The highest BCUT2D eigenvalue weighted by Crippen LogP contribution is 2.28. The van der Waals surface area contributed by atoms with E-state index in [1.54, 1.807) is 0 Å². The summed E-state index contributed by atoms with van der Waals surface area (Å²) in [7, 11) is 0. The number of carbonyl (C=O) groups is 1. The van der Waals surface area contributed by atoms with Gasteiger partial charge in [-0.3, -0.25) is 4.79 Å². The molecule has 1 amide bonds. The molecule has 2 aliphatic heterocycles. The molecule has 0 aromatic heterocycles. The molecule has 2 saturated heterocycles. The van der Waals surface area contributed by atoms with Crippen molar-refractivity contribution in [2.24, 2.45) is 5.41 Å². The van der Waals surface area contributed by atoms with Gasteiger partial charge in [-0.15, -0.1) is 0 Å². The van der Waals surface area contributed by atoms with E-state index in [2.05, 4.69) is 12.2 Å². The van der Waals surface area contributed by atoms with Gasteiger partial charge in [0.1, 0.15) is 0 Å². The van der Waals surface area contributed by atoms with Gasteiger partial charge >= 0.3 is 0 Å². The molecule has 1 atom stereocenters. The van der Waals surface area contributed by atoms with Crippen molar-refractivity contribution in [2.45, 2.75) is 26.2 Å². The Morgan fingerprint density at radius 3 is 2.62 bits per heavy atom. The first kappa shape index (κ1) is 9.00. The molecule has 0 aromatic rings. The highest BCUT2D eigenvalue weighted by atomic mass is 16.2. The maximum Gasteiger partial charge on any atom is 0.229 e. The summed E-state index contributed by atoms with van der Waals surface area (Å²) in [4.78, 5) is 14.1. The summed E-state index contributed by atoms with van der Waals surface area (Å²) in [6, 6.07) is 0. The van der Waals surface area contributed by atoms with E-state index >= 15 is 0 Å². The van der Waals surface area contributed by atoms with E-state index in [1.807, 2.05) is 4.90 Å². The molecule has 0 aliphatic carbocycles. The predicted molar refractivity (Wildman–Crippen MR) is 51.4 cm³/mol. The summed E-state index contributed by atoms with van der Waals surface area (Å²) < 4.78 is 0. The first-order chi connectivity index (χ1) is 6.22. The van der Waals surface area contributed by atoms with Gasteiger partial charge < -0.3 is 10.2 Å². The number of nitrogens with zero attached hydrogens (tertiary/aromatic N) is 1. The molecule has 0 aromatic carbocycles. The molecule has 2 rings (SSSR count). The number of carbonyl (C=O) groups excluding carboxylic acids is 1. The lowest BCUT2D eigenvalue weighted by Crippen LogP contribution is -2.42. The summed E-state index contributed by atoms with van der Waals surface area (Å²) in [6.07, 6.45) is 3.38. The Morgan fingerprint density at radius 1 is 1.38 bits per heavy atom. The molecule has 0 spiro atoms. The van der Waals surface area contributed by atoms with Gasteiger partial charge in [0.05, 0.1) is 5.41 Å². The minimum absolute atomic E-state index is 0.107. The fourth-order valence-electron chi connectivity index (χ4n) is 2.30. The second kappa shape index (κ2) is 3.29. The normalized spacial score (nSPS) is 34.1. The molecule has 2 heterocycles. The van der Waals surface area contributed by atoms with Crippen LogP contribution in [0.2, 0.25) is 0 Å². The van der Waals surface area contributed by atoms with Gasteiger partial charge in [-0.2, -0.15) is 0 Å². The first-order valence-electron chi connectivity index (χ1n) is 5.22. The second-order valence-corrected chi connectivity index (χ2v) is 4.49. The van der Waals surface area contributed by atoms with Crippen molar-refractivity contribution in [3.05, 3.63) is 0 Å². The number of amides is 1. The van der Waals surface area contributed by atoms with Crippen LogP contribution in [0.15, 0.2) is 0 Å². The van der Waals surface area contributed by atoms with Crippen LogP contribution in [-0.2, 0) is 4.79 Å². The Hall–Kier alpha value is -0.570. The number of rotatable bonds is 1. The van der Waals surface area contributed by atoms with Crippen LogP contribution >= 0.6 is 0 Å². The van der Waals surface area contributed by atoms with Gasteiger partial charge in [0.2, 0.25) is 5.91 Å².